The SMILES string of the molecule is O=C(N[C@@]1(C(F)(F)F)NC(=O)N(c2ccccc2F)C1=O)c1cccnc1. The summed E-state index contributed by atoms with van der Waals surface area (Å²) in [6.07, 6.45) is -3.13. The summed E-state index contributed by atoms with van der Waals surface area (Å²) in [6.45, 7) is 0. The molecule has 0 bridgehead atoms. The molecule has 0 radical (unpaired) electrons. The largest absolute Gasteiger partial charge is 0.440 e. The number of imide groups is 1. The van der Waals surface area contributed by atoms with Crippen molar-refractivity contribution in [3.05, 3.63) is 60.2 Å². The molecule has 1 aliphatic heterocycles. The number of rotatable bonds is 3. The van der Waals surface area contributed by atoms with E-state index in [0.29, 0.717) is 0 Å². The van der Waals surface area contributed by atoms with Crippen LogP contribution in [0.1, 0.15) is 10.4 Å². The van der Waals surface area contributed by atoms with Crippen LogP contribution in [0.2, 0.25) is 0 Å². The number of nitrogens with zero attached hydrogens (tertiary/aromatic N) is 2. The molecular formula is C16H10F4N4O3. The maximum atomic E-state index is 13.9. The van der Waals surface area contributed by atoms with E-state index in [1.54, 1.807) is 0 Å². The molecule has 1 atom stereocenters. The Morgan fingerprint density at radius 1 is 1.15 bits per heavy atom. The van der Waals surface area contributed by atoms with E-state index < -0.39 is 41.2 Å². The lowest BCUT2D eigenvalue weighted by atomic mass is 10.1. The zero-order valence-electron chi connectivity index (χ0n) is 13.2. The summed E-state index contributed by atoms with van der Waals surface area (Å²) >= 11 is 0. The summed E-state index contributed by atoms with van der Waals surface area (Å²) in [6, 6.07) is 5.24. The molecule has 2 heterocycles. The van der Waals surface area contributed by atoms with Crippen molar-refractivity contribution in [2.24, 2.45) is 0 Å². The van der Waals surface area contributed by atoms with E-state index in [4.69, 9.17) is 0 Å². The van der Waals surface area contributed by atoms with Crippen molar-refractivity contribution in [3.63, 3.8) is 0 Å². The Hall–Kier alpha value is -3.50. The van der Waals surface area contributed by atoms with Crippen LogP contribution in [0.25, 0.3) is 0 Å². The number of amides is 4. The average Bonchev–Trinajstić information content (AvgIpc) is 2.87. The van der Waals surface area contributed by atoms with Gasteiger partial charge in [-0.15, -0.1) is 0 Å². The van der Waals surface area contributed by atoms with Gasteiger partial charge in [-0.25, -0.2) is 14.1 Å². The first kappa shape index (κ1) is 18.3. The van der Waals surface area contributed by atoms with Crippen molar-refractivity contribution in [2.45, 2.75) is 11.8 Å². The third kappa shape index (κ3) is 2.96. The van der Waals surface area contributed by atoms with Gasteiger partial charge in [0.05, 0.1) is 11.3 Å². The number of nitrogens with one attached hydrogen (secondary N) is 2. The summed E-state index contributed by atoms with van der Waals surface area (Å²) in [5.41, 5.74) is -4.70. The molecule has 3 rings (SSSR count). The maximum Gasteiger partial charge on any atom is 0.440 e. The second-order valence-corrected chi connectivity index (χ2v) is 5.47. The molecule has 0 spiro atoms. The van der Waals surface area contributed by atoms with Crippen molar-refractivity contribution in [3.8, 4) is 0 Å². The van der Waals surface area contributed by atoms with Gasteiger partial charge in [0.15, 0.2) is 0 Å². The molecule has 1 fully saturated rings. The molecule has 1 aromatic heterocycles. The highest BCUT2D eigenvalue weighted by Gasteiger charge is 2.69. The van der Waals surface area contributed by atoms with Gasteiger partial charge in [0.25, 0.3) is 17.5 Å². The third-order valence-corrected chi connectivity index (χ3v) is 3.76. The molecule has 7 nitrogen and oxygen atoms in total. The summed E-state index contributed by atoms with van der Waals surface area (Å²) < 4.78 is 55.1. The summed E-state index contributed by atoms with van der Waals surface area (Å²) in [7, 11) is 0. The van der Waals surface area contributed by atoms with Gasteiger partial charge in [0, 0.05) is 12.4 Å². The highest BCUT2D eigenvalue weighted by atomic mass is 19.4. The minimum absolute atomic E-state index is 0.00759. The van der Waals surface area contributed by atoms with E-state index in [1.807, 2.05) is 0 Å². The van der Waals surface area contributed by atoms with Gasteiger partial charge in [-0.3, -0.25) is 19.9 Å². The fourth-order valence-electron chi connectivity index (χ4n) is 2.47. The summed E-state index contributed by atoms with van der Waals surface area (Å²) in [5, 5.41) is 2.93. The first-order valence-electron chi connectivity index (χ1n) is 7.38. The highest BCUT2D eigenvalue weighted by molar-refractivity contribution is 6.24. The number of urea groups is 1. The van der Waals surface area contributed by atoms with E-state index in [1.165, 1.54) is 41.1 Å². The van der Waals surface area contributed by atoms with Gasteiger partial charge in [-0.05, 0) is 24.3 Å². The van der Waals surface area contributed by atoms with Gasteiger partial charge in [-0.1, -0.05) is 12.1 Å². The Kier molecular flexibility index (Phi) is 4.30. The van der Waals surface area contributed by atoms with Crippen LogP contribution in [0.15, 0.2) is 48.8 Å². The van der Waals surface area contributed by atoms with E-state index in [9.17, 15) is 31.9 Å². The predicted molar refractivity (Wildman–Crippen MR) is 82.9 cm³/mol. The normalized spacial score (nSPS) is 19.8. The van der Waals surface area contributed by atoms with Crippen molar-refractivity contribution in [1.82, 2.24) is 15.6 Å². The lowest BCUT2D eigenvalue weighted by molar-refractivity contribution is -0.197. The summed E-state index contributed by atoms with van der Waals surface area (Å²) in [5.74, 6) is -4.27. The van der Waals surface area contributed by atoms with Crippen LogP contribution in [0.5, 0.6) is 0 Å². The molecule has 140 valence electrons. The van der Waals surface area contributed by atoms with Gasteiger partial charge >= 0.3 is 12.2 Å². The Balaban J connectivity index is 2.03. The van der Waals surface area contributed by atoms with E-state index >= 15 is 0 Å². The molecule has 1 aromatic carbocycles. The molecule has 1 saturated heterocycles. The standard InChI is InChI=1S/C16H10F4N4O3/c17-10-5-1-2-6-11(10)24-13(26)15(16(18,19)20,23-14(24)27)22-12(25)9-4-3-7-21-8-9/h1-8H,(H,22,25)(H,23,27)/t15-/m1/s1. The molecule has 2 N–H and O–H groups in total. The number of pyridine rings is 1. The number of hydrogen-bond acceptors (Lipinski definition) is 4. The quantitative estimate of drug-likeness (QED) is 0.627. The fourth-order valence-corrected chi connectivity index (χ4v) is 2.47. The number of anilines is 1. The van der Waals surface area contributed by atoms with Crippen LogP contribution in [0.4, 0.5) is 28.0 Å². The topological polar surface area (TPSA) is 91.4 Å². The highest BCUT2D eigenvalue weighted by Crippen LogP contribution is 2.36. The molecule has 0 saturated carbocycles. The predicted octanol–water partition coefficient (Wildman–Crippen LogP) is 1.97. The van der Waals surface area contributed by atoms with E-state index in [2.05, 4.69) is 4.98 Å². The van der Waals surface area contributed by atoms with Crippen LogP contribution in [-0.2, 0) is 4.79 Å². The number of halogens is 4. The number of benzene rings is 1. The van der Waals surface area contributed by atoms with Gasteiger partial charge in [-0.2, -0.15) is 13.2 Å². The molecule has 2 aromatic rings. The minimum Gasteiger partial charge on any atom is -0.314 e. The minimum atomic E-state index is -5.41. The van der Waals surface area contributed by atoms with E-state index in [0.717, 1.165) is 18.3 Å². The number of alkyl halides is 3. The molecule has 4 amide bonds. The Bertz CT molecular complexity index is 919. The monoisotopic (exact) mass is 382 g/mol. The summed E-state index contributed by atoms with van der Waals surface area (Å²) in [4.78, 5) is 40.4. The smallest absolute Gasteiger partial charge is 0.314 e. The molecule has 0 aliphatic carbocycles. The zero-order chi connectivity index (χ0) is 19.8. The van der Waals surface area contributed by atoms with Crippen LogP contribution >= 0.6 is 0 Å². The van der Waals surface area contributed by atoms with Gasteiger partial charge in [0.1, 0.15) is 5.82 Å². The first-order valence-corrected chi connectivity index (χ1v) is 7.38. The van der Waals surface area contributed by atoms with Crippen LogP contribution in [-0.4, -0.2) is 34.7 Å². The number of para-hydroxylation sites is 1. The lowest BCUT2D eigenvalue weighted by Crippen LogP contribution is -2.69. The third-order valence-electron chi connectivity index (χ3n) is 3.76. The first-order chi connectivity index (χ1) is 12.7. The van der Waals surface area contributed by atoms with Crippen LogP contribution in [0, 0.1) is 5.82 Å². The second kappa shape index (κ2) is 6.34. The Morgan fingerprint density at radius 2 is 1.85 bits per heavy atom. The molecule has 1 aliphatic rings. The molecule has 27 heavy (non-hydrogen) atoms. The Labute approximate surface area is 149 Å². The molecular weight excluding hydrogens is 372 g/mol. The number of aromatic nitrogens is 1. The molecule has 0 unspecified atom stereocenters. The van der Waals surface area contributed by atoms with E-state index in [-0.39, 0.29) is 10.5 Å². The number of carbonyl (C=O) groups excluding carboxylic acids is 3. The van der Waals surface area contributed by atoms with Gasteiger partial charge in [0.2, 0.25) is 0 Å². The van der Waals surface area contributed by atoms with Crippen molar-refractivity contribution in [1.29, 1.82) is 0 Å². The van der Waals surface area contributed by atoms with Crippen molar-refractivity contribution in [2.75, 3.05) is 4.90 Å². The van der Waals surface area contributed by atoms with Crippen molar-refractivity contribution >= 4 is 23.5 Å². The zero-order valence-corrected chi connectivity index (χ0v) is 13.2. The number of hydrogen-bond donors (Lipinski definition) is 2. The second-order valence-electron chi connectivity index (χ2n) is 5.47. The Morgan fingerprint density at radius 3 is 2.44 bits per heavy atom. The van der Waals surface area contributed by atoms with Crippen LogP contribution < -0.4 is 15.5 Å². The molecule has 11 heteroatoms. The number of carbonyl (C=O) groups is 3. The average molecular weight is 382 g/mol. The lowest BCUT2D eigenvalue weighted by Gasteiger charge is -2.29. The van der Waals surface area contributed by atoms with Gasteiger partial charge < -0.3 is 5.32 Å². The maximum absolute atomic E-state index is 13.9. The van der Waals surface area contributed by atoms with Crippen LogP contribution in [0.3, 0.4) is 0 Å². The van der Waals surface area contributed by atoms with Crippen molar-refractivity contribution < 1.29 is 31.9 Å². The fraction of sp³-hybridized carbons (Fsp3) is 0.125.